The van der Waals surface area contributed by atoms with Crippen LogP contribution < -0.4 is 5.73 Å². The first-order valence-electron chi connectivity index (χ1n) is 6.47. The summed E-state index contributed by atoms with van der Waals surface area (Å²) in [6.07, 6.45) is 4.10. The summed E-state index contributed by atoms with van der Waals surface area (Å²) < 4.78 is 15.7. The van der Waals surface area contributed by atoms with Gasteiger partial charge in [0.05, 0.1) is 5.52 Å². The molecule has 1 aromatic carbocycles. The number of aromatic nitrogens is 1. The van der Waals surface area contributed by atoms with Gasteiger partial charge in [-0.25, -0.2) is 4.39 Å². The number of fused-ring (bicyclic) bond motifs is 1. The lowest BCUT2D eigenvalue weighted by molar-refractivity contribution is 0.328. The predicted molar refractivity (Wildman–Crippen MR) is 74.0 cm³/mol. The Labute approximate surface area is 108 Å². The molecule has 1 aromatic heterocycles. The van der Waals surface area contributed by atoms with Crippen LogP contribution >= 0.6 is 0 Å². The standard InChI is InChI=1S/C15H21FN2/c1-15(2,11-17)8-4-9-18-10-7-12-13(16)5-3-6-14(12)18/h3,5-7,10H,4,8-9,11,17H2,1-2H3. The van der Waals surface area contributed by atoms with Crippen LogP contribution in [0.25, 0.3) is 10.9 Å². The van der Waals surface area contributed by atoms with Gasteiger partial charge >= 0.3 is 0 Å². The molecule has 3 heteroatoms. The smallest absolute Gasteiger partial charge is 0.132 e. The number of hydrogen-bond donors (Lipinski definition) is 1. The van der Waals surface area contributed by atoms with Crippen molar-refractivity contribution in [3.8, 4) is 0 Å². The van der Waals surface area contributed by atoms with E-state index < -0.39 is 0 Å². The Morgan fingerprint density at radius 3 is 2.78 bits per heavy atom. The zero-order chi connectivity index (χ0) is 13.2. The normalized spacial score (nSPS) is 12.2. The molecular weight excluding hydrogens is 227 g/mol. The van der Waals surface area contributed by atoms with Gasteiger partial charge in [-0.1, -0.05) is 19.9 Å². The van der Waals surface area contributed by atoms with Crippen LogP contribution in [0, 0.1) is 11.2 Å². The van der Waals surface area contributed by atoms with Gasteiger partial charge in [0.2, 0.25) is 0 Å². The maximum Gasteiger partial charge on any atom is 0.132 e. The fraction of sp³-hybridized carbons (Fsp3) is 0.467. The number of nitrogens with two attached hydrogens (primary N) is 1. The van der Waals surface area contributed by atoms with E-state index in [0.717, 1.165) is 24.9 Å². The summed E-state index contributed by atoms with van der Waals surface area (Å²) in [5, 5.41) is 0.704. The van der Waals surface area contributed by atoms with Crippen LogP contribution in [0.15, 0.2) is 30.5 Å². The van der Waals surface area contributed by atoms with Gasteiger partial charge in [0.15, 0.2) is 0 Å². The van der Waals surface area contributed by atoms with E-state index in [1.54, 1.807) is 6.07 Å². The molecule has 0 radical (unpaired) electrons. The zero-order valence-electron chi connectivity index (χ0n) is 11.1. The molecule has 0 saturated carbocycles. The molecule has 0 bridgehead atoms. The molecule has 1 heterocycles. The third-order valence-corrected chi connectivity index (χ3v) is 3.57. The minimum absolute atomic E-state index is 0.145. The highest BCUT2D eigenvalue weighted by Gasteiger charge is 2.14. The molecule has 2 rings (SSSR count). The Hall–Kier alpha value is -1.35. The zero-order valence-corrected chi connectivity index (χ0v) is 11.1. The summed E-state index contributed by atoms with van der Waals surface area (Å²) in [5.74, 6) is -0.145. The Morgan fingerprint density at radius 1 is 1.28 bits per heavy atom. The second kappa shape index (κ2) is 5.11. The van der Waals surface area contributed by atoms with Crippen molar-refractivity contribution in [2.45, 2.75) is 33.2 Å². The maximum absolute atomic E-state index is 13.5. The molecule has 0 fully saturated rings. The van der Waals surface area contributed by atoms with Crippen LogP contribution in [0.2, 0.25) is 0 Å². The molecule has 0 unspecified atom stereocenters. The Balaban J connectivity index is 2.07. The monoisotopic (exact) mass is 248 g/mol. The van der Waals surface area contributed by atoms with Crippen LogP contribution in [-0.4, -0.2) is 11.1 Å². The molecule has 98 valence electrons. The molecular formula is C15H21FN2. The fourth-order valence-corrected chi connectivity index (χ4v) is 2.21. The first-order chi connectivity index (χ1) is 8.53. The van der Waals surface area contributed by atoms with Crippen LogP contribution in [0.1, 0.15) is 26.7 Å². The van der Waals surface area contributed by atoms with E-state index in [0.29, 0.717) is 11.9 Å². The average molecular weight is 248 g/mol. The quantitative estimate of drug-likeness (QED) is 0.862. The highest BCUT2D eigenvalue weighted by atomic mass is 19.1. The van der Waals surface area contributed by atoms with E-state index in [9.17, 15) is 4.39 Å². The van der Waals surface area contributed by atoms with Gasteiger partial charge in [0.1, 0.15) is 5.82 Å². The largest absolute Gasteiger partial charge is 0.347 e. The van der Waals surface area contributed by atoms with E-state index in [1.165, 1.54) is 6.07 Å². The van der Waals surface area contributed by atoms with Crippen molar-refractivity contribution in [3.05, 3.63) is 36.3 Å². The lowest BCUT2D eigenvalue weighted by Crippen LogP contribution is -2.23. The summed E-state index contributed by atoms with van der Waals surface area (Å²) >= 11 is 0. The van der Waals surface area contributed by atoms with Crippen LogP contribution in [0.3, 0.4) is 0 Å². The molecule has 2 N–H and O–H groups in total. The lowest BCUT2D eigenvalue weighted by atomic mass is 9.88. The van der Waals surface area contributed by atoms with E-state index in [-0.39, 0.29) is 11.2 Å². The van der Waals surface area contributed by atoms with Gasteiger partial charge in [-0.2, -0.15) is 0 Å². The van der Waals surface area contributed by atoms with Gasteiger partial charge in [0, 0.05) is 18.1 Å². The lowest BCUT2D eigenvalue weighted by Gasteiger charge is -2.22. The van der Waals surface area contributed by atoms with Gasteiger partial charge < -0.3 is 10.3 Å². The molecule has 0 atom stereocenters. The first kappa shape index (κ1) is 13.1. The van der Waals surface area contributed by atoms with Crippen molar-refractivity contribution >= 4 is 10.9 Å². The first-order valence-corrected chi connectivity index (χ1v) is 6.47. The molecule has 2 nitrogen and oxygen atoms in total. The summed E-state index contributed by atoms with van der Waals surface area (Å²) in [5.41, 5.74) is 6.88. The van der Waals surface area contributed by atoms with Crippen molar-refractivity contribution in [2.75, 3.05) is 6.54 Å². The van der Waals surface area contributed by atoms with Gasteiger partial charge in [-0.05, 0) is 43.0 Å². The molecule has 18 heavy (non-hydrogen) atoms. The molecule has 2 aromatic rings. The summed E-state index contributed by atoms with van der Waals surface area (Å²) in [6.45, 7) is 5.98. The molecule has 0 saturated heterocycles. The second-order valence-corrected chi connectivity index (χ2v) is 5.65. The third kappa shape index (κ3) is 2.72. The number of rotatable bonds is 5. The van der Waals surface area contributed by atoms with Gasteiger partial charge in [0.25, 0.3) is 0 Å². The van der Waals surface area contributed by atoms with Crippen molar-refractivity contribution < 1.29 is 4.39 Å². The summed E-state index contributed by atoms with van der Waals surface area (Å²) in [4.78, 5) is 0. The summed E-state index contributed by atoms with van der Waals surface area (Å²) in [6, 6.07) is 7.08. The molecule has 0 aliphatic rings. The number of hydrogen-bond acceptors (Lipinski definition) is 1. The topological polar surface area (TPSA) is 30.9 Å². The van der Waals surface area contributed by atoms with Crippen molar-refractivity contribution in [3.63, 3.8) is 0 Å². The molecule has 0 amide bonds. The van der Waals surface area contributed by atoms with Crippen molar-refractivity contribution in [1.29, 1.82) is 0 Å². The highest BCUT2D eigenvalue weighted by molar-refractivity contribution is 5.80. The fourth-order valence-electron chi connectivity index (χ4n) is 2.21. The highest BCUT2D eigenvalue weighted by Crippen LogP contribution is 2.23. The minimum Gasteiger partial charge on any atom is -0.347 e. The summed E-state index contributed by atoms with van der Waals surface area (Å²) in [7, 11) is 0. The second-order valence-electron chi connectivity index (χ2n) is 5.65. The Morgan fingerprint density at radius 2 is 2.06 bits per heavy atom. The van der Waals surface area contributed by atoms with Crippen LogP contribution in [0.4, 0.5) is 4.39 Å². The molecule has 0 spiro atoms. The van der Waals surface area contributed by atoms with E-state index in [4.69, 9.17) is 5.73 Å². The number of aryl methyl sites for hydroxylation is 1. The van der Waals surface area contributed by atoms with Crippen molar-refractivity contribution in [2.24, 2.45) is 11.1 Å². The molecule has 0 aliphatic heterocycles. The minimum atomic E-state index is -0.145. The number of benzene rings is 1. The van der Waals surface area contributed by atoms with Gasteiger partial charge in [-0.15, -0.1) is 0 Å². The van der Waals surface area contributed by atoms with E-state index >= 15 is 0 Å². The Bertz CT molecular complexity index is 528. The van der Waals surface area contributed by atoms with Gasteiger partial charge in [-0.3, -0.25) is 0 Å². The van der Waals surface area contributed by atoms with E-state index in [1.807, 2.05) is 18.3 Å². The number of nitrogens with zero attached hydrogens (tertiary/aromatic N) is 1. The SMILES string of the molecule is CC(C)(CN)CCCn1ccc2c(F)cccc21. The van der Waals surface area contributed by atoms with Crippen LogP contribution in [-0.2, 0) is 6.54 Å². The predicted octanol–water partition coefficient (Wildman–Crippen LogP) is 3.55. The maximum atomic E-state index is 13.5. The molecule has 0 aliphatic carbocycles. The van der Waals surface area contributed by atoms with Crippen molar-refractivity contribution in [1.82, 2.24) is 4.57 Å². The average Bonchev–Trinajstić information content (AvgIpc) is 2.74. The van der Waals surface area contributed by atoms with E-state index in [2.05, 4.69) is 18.4 Å². The number of halogens is 1. The van der Waals surface area contributed by atoms with Crippen LogP contribution in [0.5, 0.6) is 0 Å². The Kier molecular flexibility index (Phi) is 3.71. The third-order valence-electron chi connectivity index (χ3n) is 3.57.